The smallest absolute Gasteiger partial charge is 0.332 e. The molecule has 11 nitrogen and oxygen atoms in total. The maximum Gasteiger partial charge on any atom is 0.332 e. The fourth-order valence-corrected chi connectivity index (χ4v) is 4.36. The standard InChI is InChI=1S/C20H21NO4.C8H10N4O2/c1-22-17-6-5-13(10-18(17)23-2)9-16-15-12-20(25-4)19(24-3)11-14(15)7-8-21-16;1-10-4-9-6-5(10)7(13)12(3)8(14)11(6)2/h5-8,10-12H,9H2,1-4H3;4H,1-3H3. The monoisotopic (exact) mass is 533 g/mol. The van der Waals surface area contributed by atoms with Crippen molar-refractivity contribution in [3.05, 3.63) is 81.0 Å². The zero-order valence-corrected chi connectivity index (χ0v) is 23.0. The van der Waals surface area contributed by atoms with Crippen molar-refractivity contribution in [1.29, 1.82) is 0 Å². The van der Waals surface area contributed by atoms with Gasteiger partial charge in [-0.1, -0.05) is 6.07 Å². The van der Waals surface area contributed by atoms with E-state index in [-0.39, 0.29) is 11.2 Å². The van der Waals surface area contributed by atoms with Gasteiger partial charge in [0.2, 0.25) is 0 Å². The highest BCUT2D eigenvalue weighted by Gasteiger charge is 2.13. The van der Waals surface area contributed by atoms with Crippen LogP contribution in [0.4, 0.5) is 0 Å². The Bertz CT molecular complexity index is 1770. The number of nitrogens with zero attached hydrogens (tertiary/aromatic N) is 5. The summed E-state index contributed by atoms with van der Waals surface area (Å²) in [5.74, 6) is 2.82. The fraction of sp³-hybridized carbons (Fsp3) is 0.286. The number of pyridine rings is 1. The van der Waals surface area contributed by atoms with Gasteiger partial charge in [0, 0.05) is 39.1 Å². The van der Waals surface area contributed by atoms with Gasteiger partial charge in [-0.3, -0.25) is 18.9 Å². The molecule has 11 heteroatoms. The molecule has 0 aliphatic heterocycles. The predicted molar refractivity (Wildman–Crippen MR) is 148 cm³/mol. The third-order valence-corrected chi connectivity index (χ3v) is 6.49. The molecule has 0 saturated heterocycles. The van der Waals surface area contributed by atoms with Gasteiger partial charge < -0.3 is 23.5 Å². The van der Waals surface area contributed by atoms with E-state index in [1.54, 1.807) is 47.1 Å². The SMILES string of the molecule is COc1ccc(Cc2nccc3cc(OC)c(OC)cc23)cc1OC.Cn1c(=O)c2c(ncn2C)n(C)c1=O. The molecule has 3 heterocycles. The third kappa shape index (κ3) is 5.15. The minimum Gasteiger partial charge on any atom is -0.493 e. The topological polar surface area (TPSA) is 112 Å². The Labute approximate surface area is 224 Å². The van der Waals surface area contributed by atoms with Crippen molar-refractivity contribution >= 4 is 21.9 Å². The molecule has 2 aromatic carbocycles. The van der Waals surface area contributed by atoms with Gasteiger partial charge in [0.25, 0.3) is 5.56 Å². The Morgan fingerprint density at radius 3 is 2.05 bits per heavy atom. The number of aryl methyl sites for hydroxylation is 2. The van der Waals surface area contributed by atoms with Crippen LogP contribution >= 0.6 is 0 Å². The van der Waals surface area contributed by atoms with Gasteiger partial charge in [0.05, 0.1) is 40.5 Å². The average molecular weight is 534 g/mol. The molecule has 0 radical (unpaired) electrons. The molecule has 39 heavy (non-hydrogen) atoms. The lowest BCUT2D eigenvalue weighted by Crippen LogP contribution is -2.37. The highest BCUT2D eigenvalue weighted by molar-refractivity contribution is 5.88. The van der Waals surface area contributed by atoms with E-state index < -0.39 is 0 Å². The van der Waals surface area contributed by atoms with Gasteiger partial charge in [-0.15, -0.1) is 0 Å². The number of ether oxygens (including phenoxy) is 4. The molecule has 204 valence electrons. The van der Waals surface area contributed by atoms with Gasteiger partial charge in [-0.25, -0.2) is 9.78 Å². The summed E-state index contributed by atoms with van der Waals surface area (Å²) in [6, 6.07) is 11.8. The number of hydrogen-bond acceptors (Lipinski definition) is 8. The number of rotatable bonds is 6. The van der Waals surface area contributed by atoms with E-state index in [1.165, 1.54) is 17.9 Å². The van der Waals surface area contributed by atoms with Crippen molar-refractivity contribution in [2.75, 3.05) is 28.4 Å². The largest absolute Gasteiger partial charge is 0.493 e. The molecule has 0 saturated carbocycles. The summed E-state index contributed by atoms with van der Waals surface area (Å²) in [7, 11) is 11.3. The summed E-state index contributed by atoms with van der Waals surface area (Å²) in [5, 5.41) is 2.10. The molecule has 0 fully saturated rings. The summed E-state index contributed by atoms with van der Waals surface area (Å²) in [4.78, 5) is 31.7. The third-order valence-electron chi connectivity index (χ3n) is 6.49. The second-order valence-corrected chi connectivity index (χ2v) is 8.79. The molecule has 0 bridgehead atoms. The highest BCUT2D eigenvalue weighted by atomic mass is 16.5. The van der Waals surface area contributed by atoms with Crippen molar-refractivity contribution in [2.45, 2.75) is 6.42 Å². The number of benzene rings is 2. The van der Waals surface area contributed by atoms with Gasteiger partial charge in [-0.05, 0) is 41.3 Å². The van der Waals surface area contributed by atoms with Crippen LogP contribution in [-0.2, 0) is 27.6 Å². The van der Waals surface area contributed by atoms with E-state index in [0.29, 0.717) is 40.6 Å². The second kappa shape index (κ2) is 11.3. The van der Waals surface area contributed by atoms with Crippen molar-refractivity contribution in [1.82, 2.24) is 23.7 Å². The number of aromatic nitrogens is 5. The van der Waals surface area contributed by atoms with Crippen LogP contribution in [0.3, 0.4) is 0 Å². The van der Waals surface area contributed by atoms with Crippen molar-refractivity contribution < 1.29 is 18.9 Å². The van der Waals surface area contributed by atoms with Crippen molar-refractivity contribution in [2.24, 2.45) is 21.1 Å². The van der Waals surface area contributed by atoms with Crippen molar-refractivity contribution in [3.63, 3.8) is 0 Å². The van der Waals surface area contributed by atoms with Crippen LogP contribution < -0.4 is 30.2 Å². The molecule has 5 rings (SSSR count). The highest BCUT2D eigenvalue weighted by Crippen LogP contribution is 2.34. The predicted octanol–water partition coefficient (Wildman–Crippen LogP) is 2.83. The first-order valence-corrected chi connectivity index (χ1v) is 12.0. The van der Waals surface area contributed by atoms with Crippen molar-refractivity contribution in [3.8, 4) is 23.0 Å². The zero-order chi connectivity index (χ0) is 28.3. The van der Waals surface area contributed by atoms with E-state index >= 15 is 0 Å². The minimum atomic E-state index is -0.360. The van der Waals surface area contributed by atoms with E-state index in [0.717, 1.165) is 26.6 Å². The normalized spacial score (nSPS) is 10.7. The fourth-order valence-electron chi connectivity index (χ4n) is 4.36. The van der Waals surface area contributed by atoms with E-state index in [9.17, 15) is 9.59 Å². The Morgan fingerprint density at radius 2 is 1.38 bits per heavy atom. The van der Waals surface area contributed by atoms with Crippen LogP contribution in [0.2, 0.25) is 0 Å². The van der Waals surface area contributed by atoms with E-state index in [4.69, 9.17) is 18.9 Å². The molecule has 0 N–H and O–H groups in total. The molecule has 0 atom stereocenters. The maximum atomic E-state index is 11.7. The molecular weight excluding hydrogens is 502 g/mol. The van der Waals surface area contributed by atoms with Gasteiger partial charge in [0.1, 0.15) is 0 Å². The summed E-state index contributed by atoms with van der Waals surface area (Å²) < 4.78 is 25.5. The van der Waals surface area contributed by atoms with Crippen LogP contribution in [0.15, 0.2) is 58.5 Å². The lowest BCUT2D eigenvalue weighted by molar-refractivity contribution is 0.354. The number of fused-ring (bicyclic) bond motifs is 2. The molecular formula is C28H31N5O6. The Morgan fingerprint density at radius 1 is 0.744 bits per heavy atom. The quantitative estimate of drug-likeness (QED) is 0.328. The Hall–Kier alpha value is -4.80. The number of hydrogen-bond donors (Lipinski definition) is 0. The van der Waals surface area contributed by atoms with Crippen LogP contribution in [0.1, 0.15) is 11.3 Å². The summed E-state index contributed by atoms with van der Waals surface area (Å²) >= 11 is 0. The molecule has 0 spiro atoms. The maximum absolute atomic E-state index is 11.7. The van der Waals surface area contributed by atoms with Gasteiger partial charge in [0.15, 0.2) is 34.2 Å². The van der Waals surface area contributed by atoms with Crippen LogP contribution in [-0.4, -0.2) is 52.1 Å². The molecule has 0 aliphatic rings. The minimum absolute atomic E-state index is 0.317. The first-order chi connectivity index (χ1) is 18.7. The Balaban J connectivity index is 0.000000212. The summed E-state index contributed by atoms with van der Waals surface area (Å²) in [6.45, 7) is 0. The molecule has 0 aliphatic carbocycles. The zero-order valence-electron chi connectivity index (χ0n) is 23.0. The molecule has 0 amide bonds. The molecule has 5 aromatic rings. The van der Waals surface area contributed by atoms with Crippen LogP contribution in [0.5, 0.6) is 23.0 Å². The van der Waals surface area contributed by atoms with E-state index in [1.807, 2.05) is 42.6 Å². The van der Waals surface area contributed by atoms with Gasteiger partial charge in [-0.2, -0.15) is 0 Å². The number of methoxy groups -OCH3 is 4. The summed E-state index contributed by atoms with van der Waals surface area (Å²) in [6.07, 6.45) is 4.00. The van der Waals surface area contributed by atoms with Gasteiger partial charge >= 0.3 is 5.69 Å². The van der Waals surface area contributed by atoms with Crippen LogP contribution in [0.25, 0.3) is 21.9 Å². The second-order valence-electron chi connectivity index (χ2n) is 8.79. The molecule has 3 aromatic heterocycles. The lowest BCUT2D eigenvalue weighted by Gasteiger charge is -2.12. The lowest BCUT2D eigenvalue weighted by atomic mass is 10.0. The average Bonchev–Trinajstić information content (AvgIpc) is 3.36. The first kappa shape index (κ1) is 27.2. The van der Waals surface area contributed by atoms with Crippen LogP contribution in [0, 0.1) is 0 Å². The summed E-state index contributed by atoms with van der Waals surface area (Å²) in [5.41, 5.74) is 2.23. The van der Waals surface area contributed by atoms with E-state index in [2.05, 4.69) is 9.97 Å². The first-order valence-electron chi connectivity index (χ1n) is 12.0. The Kier molecular flexibility index (Phi) is 7.89. The molecule has 0 unspecified atom stereocenters. The number of imidazole rings is 1.